The van der Waals surface area contributed by atoms with E-state index in [-0.39, 0.29) is 16.9 Å². The fourth-order valence-electron chi connectivity index (χ4n) is 2.63. The van der Waals surface area contributed by atoms with E-state index >= 15 is 0 Å². The maximum absolute atomic E-state index is 9.69. The van der Waals surface area contributed by atoms with Gasteiger partial charge in [-0.2, -0.15) is 0 Å². The average Bonchev–Trinajstić information content (AvgIpc) is 2.56. The summed E-state index contributed by atoms with van der Waals surface area (Å²) in [6, 6.07) is 17.5. The molecule has 0 aromatic heterocycles. The molecule has 0 radical (unpaired) electrons. The van der Waals surface area contributed by atoms with Crippen molar-refractivity contribution in [3.8, 4) is 5.75 Å². The Hall–Kier alpha value is -2.74. The Morgan fingerprint density at radius 1 is 1.04 bits per heavy atom. The molecule has 23 heavy (non-hydrogen) atoms. The van der Waals surface area contributed by atoms with Crippen LogP contribution in [0.5, 0.6) is 5.75 Å². The van der Waals surface area contributed by atoms with Crippen LogP contribution in [-0.2, 0) is 5.41 Å². The Kier molecular flexibility index (Phi) is 5.42. The number of phenolic OH excluding ortho intramolecular Hbond substituents is 1. The lowest BCUT2D eigenvalue weighted by atomic mass is 9.73. The van der Waals surface area contributed by atoms with Crippen LogP contribution >= 0.6 is 0 Å². The first-order valence-electron chi connectivity index (χ1n) is 7.59. The van der Waals surface area contributed by atoms with Crippen LogP contribution in [0.2, 0.25) is 0 Å². The van der Waals surface area contributed by atoms with Crippen molar-refractivity contribution >= 4 is 0 Å². The Bertz CT molecular complexity index is 696. The Morgan fingerprint density at radius 3 is 2.26 bits per heavy atom. The summed E-state index contributed by atoms with van der Waals surface area (Å²) >= 11 is 0. The van der Waals surface area contributed by atoms with Gasteiger partial charge in [-0.1, -0.05) is 68.1 Å². The average molecular weight is 306 g/mol. The zero-order valence-corrected chi connectivity index (χ0v) is 13.3. The quantitative estimate of drug-likeness (QED) is 0.563. The molecule has 0 aliphatic carbocycles. The van der Waals surface area contributed by atoms with Crippen LogP contribution in [0.15, 0.2) is 91.2 Å². The highest BCUT2D eigenvalue weighted by atomic mass is 16.3. The molecule has 0 amide bonds. The molecule has 118 valence electrons. The van der Waals surface area contributed by atoms with E-state index in [1.165, 1.54) is 5.56 Å². The second kappa shape index (κ2) is 7.50. The maximum atomic E-state index is 9.69. The van der Waals surface area contributed by atoms with Gasteiger partial charge < -0.3 is 10.2 Å². The van der Waals surface area contributed by atoms with Crippen LogP contribution in [0.4, 0.5) is 0 Å². The van der Waals surface area contributed by atoms with Gasteiger partial charge in [0.25, 0.3) is 0 Å². The van der Waals surface area contributed by atoms with Crippen molar-refractivity contribution in [3.05, 3.63) is 102 Å². The number of hydrogen-bond acceptors (Lipinski definition) is 2. The summed E-state index contributed by atoms with van der Waals surface area (Å²) in [6.45, 7) is 5.73. The smallest absolute Gasteiger partial charge is 0.115 e. The predicted octanol–water partition coefficient (Wildman–Crippen LogP) is 5.27. The van der Waals surface area contributed by atoms with Gasteiger partial charge in [0.2, 0.25) is 0 Å². The van der Waals surface area contributed by atoms with Gasteiger partial charge in [0.15, 0.2) is 0 Å². The van der Waals surface area contributed by atoms with Gasteiger partial charge in [0.05, 0.1) is 0 Å². The van der Waals surface area contributed by atoms with Crippen LogP contribution in [0, 0.1) is 0 Å². The van der Waals surface area contributed by atoms with Crippen molar-refractivity contribution in [3.63, 3.8) is 0 Å². The summed E-state index contributed by atoms with van der Waals surface area (Å²) in [7, 11) is 0. The van der Waals surface area contributed by atoms with Gasteiger partial charge in [0.1, 0.15) is 11.5 Å². The first kappa shape index (κ1) is 16.6. The van der Waals surface area contributed by atoms with Crippen LogP contribution in [0.1, 0.15) is 24.5 Å². The van der Waals surface area contributed by atoms with E-state index < -0.39 is 0 Å². The third kappa shape index (κ3) is 4.13. The van der Waals surface area contributed by atoms with E-state index in [0.717, 1.165) is 12.0 Å². The largest absolute Gasteiger partial charge is 0.508 e. The molecule has 2 rings (SSSR count). The number of allylic oxidation sites excluding steroid dienone is 4. The number of aromatic hydroxyl groups is 1. The molecule has 0 aliphatic heterocycles. The third-order valence-electron chi connectivity index (χ3n) is 4.02. The molecule has 0 fully saturated rings. The summed E-state index contributed by atoms with van der Waals surface area (Å²) in [5, 5.41) is 19.2. The molecule has 1 unspecified atom stereocenters. The van der Waals surface area contributed by atoms with Crippen molar-refractivity contribution in [2.75, 3.05) is 0 Å². The highest BCUT2D eigenvalue weighted by Gasteiger charge is 2.27. The van der Waals surface area contributed by atoms with E-state index in [1.807, 2.05) is 36.4 Å². The number of aliphatic hydroxyl groups is 1. The number of rotatable bonds is 6. The Morgan fingerprint density at radius 2 is 1.65 bits per heavy atom. The highest BCUT2D eigenvalue weighted by Crippen LogP contribution is 2.36. The molecule has 0 saturated heterocycles. The van der Waals surface area contributed by atoms with Crippen molar-refractivity contribution in [2.45, 2.75) is 18.8 Å². The summed E-state index contributed by atoms with van der Waals surface area (Å²) < 4.78 is 0. The van der Waals surface area contributed by atoms with Crippen LogP contribution in [-0.4, -0.2) is 10.2 Å². The summed E-state index contributed by atoms with van der Waals surface area (Å²) in [4.78, 5) is 0. The fraction of sp³-hybridized carbons (Fsp3) is 0.143. The van der Waals surface area contributed by atoms with E-state index in [9.17, 15) is 10.2 Å². The van der Waals surface area contributed by atoms with Crippen LogP contribution in [0.25, 0.3) is 0 Å². The zero-order valence-electron chi connectivity index (χ0n) is 13.3. The first-order valence-corrected chi connectivity index (χ1v) is 7.59. The molecular formula is C21H22O2. The van der Waals surface area contributed by atoms with Gasteiger partial charge in [0, 0.05) is 5.41 Å². The van der Waals surface area contributed by atoms with E-state index in [2.05, 4.69) is 25.6 Å². The second-order valence-corrected chi connectivity index (χ2v) is 5.68. The topological polar surface area (TPSA) is 40.5 Å². The van der Waals surface area contributed by atoms with Gasteiger partial charge in [-0.3, -0.25) is 0 Å². The van der Waals surface area contributed by atoms with Crippen molar-refractivity contribution in [2.24, 2.45) is 0 Å². The van der Waals surface area contributed by atoms with Crippen molar-refractivity contribution < 1.29 is 10.2 Å². The van der Waals surface area contributed by atoms with Gasteiger partial charge in [-0.25, -0.2) is 0 Å². The second-order valence-electron chi connectivity index (χ2n) is 5.68. The number of phenols is 1. The maximum Gasteiger partial charge on any atom is 0.115 e. The Balaban J connectivity index is 2.38. The molecule has 0 spiro atoms. The molecule has 2 aromatic rings. The summed E-state index contributed by atoms with van der Waals surface area (Å²) in [5.74, 6) is 0.437. The predicted molar refractivity (Wildman–Crippen MR) is 95.7 cm³/mol. The number of aliphatic hydroxyl groups excluding tert-OH is 1. The van der Waals surface area contributed by atoms with Crippen LogP contribution in [0.3, 0.4) is 0 Å². The molecule has 0 bridgehead atoms. The molecule has 2 N–H and O–H groups in total. The van der Waals surface area contributed by atoms with Gasteiger partial charge in [-0.15, -0.1) is 0 Å². The SMILES string of the molecule is C=C/C=C(O)\C=C/CC(C)(c1ccccc1)c1ccc(O)cc1. The third-order valence-corrected chi connectivity index (χ3v) is 4.02. The molecule has 0 aliphatic rings. The van der Waals surface area contributed by atoms with Crippen LogP contribution < -0.4 is 0 Å². The monoisotopic (exact) mass is 306 g/mol. The minimum atomic E-state index is -0.250. The normalized spacial score (nSPS) is 14.6. The lowest BCUT2D eigenvalue weighted by Gasteiger charge is -2.30. The van der Waals surface area contributed by atoms with Gasteiger partial charge in [-0.05, 0) is 41.8 Å². The molecule has 2 aromatic carbocycles. The molecule has 0 saturated carbocycles. The van der Waals surface area contributed by atoms with Crippen molar-refractivity contribution in [1.29, 1.82) is 0 Å². The highest BCUT2D eigenvalue weighted by molar-refractivity contribution is 5.41. The van der Waals surface area contributed by atoms with Crippen molar-refractivity contribution in [1.82, 2.24) is 0 Å². The Labute approximate surface area is 137 Å². The minimum Gasteiger partial charge on any atom is -0.508 e. The molecule has 2 heteroatoms. The molecule has 1 atom stereocenters. The zero-order chi connectivity index (χ0) is 16.7. The fourth-order valence-corrected chi connectivity index (χ4v) is 2.63. The number of hydrogen-bond donors (Lipinski definition) is 2. The van der Waals surface area contributed by atoms with E-state index in [4.69, 9.17) is 0 Å². The minimum absolute atomic E-state index is 0.182. The standard InChI is InChI=1S/C21H22O2/c1-3-8-19(22)11-7-16-21(2,17-9-5-4-6-10-17)18-12-14-20(23)15-13-18/h3-15,22-23H,1,16H2,2H3/b11-7-,19-8+. The lowest BCUT2D eigenvalue weighted by Crippen LogP contribution is -2.22. The molecule has 2 nitrogen and oxygen atoms in total. The van der Waals surface area contributed by atoms with E-state index in [0.29, 0.717) is 0 Å². The lowest BCUT2D eigenvalue weighted by molar-refractivity contribution is 0.432. The molecular weight excluding hydrogens is 284 g/mol. The van der Waals surface area contributed by atoms with Gasteiger partial charge >= 0.3 is 0 Å². The summed E-state index contributed by atoms with van der Waals surface area (Å²) in [6.07, 6.45) is 7.46. The molecule has 0 heterocycles. The number of benzene rings is 2. The van der Waals surface area contributed by atoms with E-state index in [1.54, 1.807) is 30.4 Å². The first-order chi connectivity index (χ1) is 11.1. The summed E-state index contributed by atoms with van der Waals surface area (Å²) in [5.41, 5.74) is 2.04.